The predicted octanol–water partition coefficient (Wildman–Crippen LogP) is 19.9. The summed E-state index contributed by atoms with van der Waals surface area (Å²) in [5.74, 6) is 0. The molecule has 0 bridgehead atoms. The fourth-order valence-electron chi connectivity index (χ4n) is 14.8. The van der Waals surface area contributed by atoms with Crippen LogP contribution in [0.25, 0.3) is 77.1 Å². The van der Waals surface area contributed by atoms with E-state index in [0.29, 0.717) is 0 Å². The molecule has 0 amide bonds. The second-order valence-corrected chi connectivity index (χ2v) is 29.0. The minimum absolute atomic E-state index is 0.0286. The van der Waals surface area contributed by atoms with E-state index in [1.807, 2.05) is 0 Å². The first-order valence-electron chi connectivity index (χ1n) is 29.4. The summed E-state index contributed by atoms with van der Waals surface area (Å²) in [7, 11) is 0. The van der Waals surface area contributed by atoms with Crippen LogP contribution in [0.4, 0.5) is 28.4 Å². The number of hydrogen-bond donors (Lipinski definition) is 0. The molecule has 0 atom stereocenters. The molecule has 0 radical (unpaired) electrons. The van der Waals surface area contributed by atoms with Gasteiger partial charge in [-0.3, -0.25) is 0 Å². The van der Waals surface area contributed by atoms with E-state index in [4.69, 9.17) is 13.3 Å². The van der Waals surface area contributed by atoms with Crippen molar-refractivity contribution in [2.45, 2.75) is 155 Å². The lowest BCUT2D eigenvalue weighted by atomic mass is 9.45. The molecular formula is C74H73BN2O3. The van der Waals surface area contributed by atoms with Gasteiger partial charge in [-0.25, -0.2) is 0 Å². The number of nitrogens with zero attached hydrogens (tertiary/aromatic N) is 2. The maximum absolute atomic E-state index is 7.85. The summed E-state index contributed by atoms with van der Waals surface area (Å²) in [4.78, 5) is 5.16. The van der Waals surface area contributed by atoms with Crippen molar-refractivity contribution < 1.29 is 13.3 Å². The van der Waals surface area contributed by atoms with Gasteiger partial charge in [0.1, 0.15) is 28.0 Å². The van der Waals surface area contributed by atoms with Gasteiger partial charge in [0.25, 0.3) is 0 Å². The molecule has 0 N–H and O–H groups in total. The Morgan fingerprint density at radius 3 is 1.59 bits per heavy atom. The van der Waals surface area contributed by atoms with Crippen molar-refractivity contribution in [1.29, 1.82) is 0 Å². The van der Waals surface area contributed by atoms with Crippen LogP contribution in [-0.4, -0.2) is 6.85 Å². The summed E-state index contributed by atoms with van der Waals surface area (Å²) in [6, 6.07) is 53.2. The van der Waals surface area contributed by atoms with E-state index in [0.717, 1.165) is 131 Å². The van der Waals surface area contributed by atoms with Crippen LogP contribution in [-0.2, 0) is 32.5 Å². The average Bonchev–Trinajstić information content (AvgIpc) is 2.24. The van der Waals surface area contributed by atoms with Crippen LogP contribution >= 0.6 is 0 Å². The second-order valence-electron chi connectivity index (χ2n) is 29.0. The van der Waals surface area contributed by atoms with Gasteiger partial charge in [0.05, 0.1) is 17.1 Å². The van der Waals surface area contributed by atoms with E-state index in [9.17, 15) is 0 Å². The fraction of sp³-hybridized carbons (Fsp3) is 0.324. The first-order valence-corrected chi connectivity index (χ1v) is 29.4. The van der Waals surface area contributed by atoms with E-state index in [-0.39, 0.29) is 32.5 Å². The van der Waals surface area contributed by atoms with E-state index < -0.39 is 6.85 Å². The summed E-state index contributed by atoms with van der Waals surface area (Å²) in [5.41, 5.74) is 24.6. The number of fused-ring (bicyclic) bond motifs is 15. The molecule has 5 nitrogen and oxygen atoms in total. The van der Waals surface area contributed by atoms with Crippen molar-refractivity contribution >= 4 is 101 Å². The third kappa shape index (κ3) is 7.02. The molecule has 11 aromatic rings. The first kappa shape index (κ1) is 49.6. The molecule has 8 aromatic carbocycles. The maximum atomic E-state index is 7.85. The third-order valence-corrected chi connectivity index (χ3v) is 19.9. The van der Waals surface area contributed by atoms with Gasteiger partial charge < -0.3 is 23.0 Å². The molecule has 400 valence electrons. The number of hydrogen-bond acceptors (Lipinski definition) is 5. The second kappa shape index (κ2) is 16.1. The zero-order valence-corrected chi connectivity index (χ0v) is 49.3. The molecule has 0 saturated carbocycles. The zero-order chi connectivity index (χ0) is 55.5. The minimum atomic E-state index is -0.410. The lowest BCUT2D eigenvalue weighted by molar-refractivity contribution is 0.332. The quantitative estimate of drug-likeness (QED) is 0.165. The molecule has 0 saturated heterocycles. The molecule has 4 aliphatic rings. The van der Waals surface area contributed by atoms with Crippen LogP contribution in [0.2, 0.25) is 0 Å². The highest BCUT2D eigenvalue weighted by Gasteiger charge is 2.51. The Hall–Kier alpha value is -7.44. The number of para-hydroxylation sites is 1. The van der Waals surface area contributed by atoms with Crippen LogP contribution in [0.1, 0.15) is 156 Å². The molecule has 3 aromatic heterocycles. The van der Waals surface area contributed by atoms with Gasteiger partial charge in [-0.05, 0) is 175 Å². The number of rotatable bonds is 3. The van der Waals surface area contributed by atoms with Gasteiger partial charge in [-0.15, -0.1) is 0 Å². The normalized spacial score (nSPS) is 17.8. The highest BCUT2D eigenvalue weighted by Crippen LogP contribution is 2.57. The van der Waals surface area contributed by atoms with Gasteiger partial charge >= 0.3 is 6.85 Å². The monoisotopic (exact) mass is 1050 g/mol. The highest BCUT2D eigenvalue weighted by atomic mass is 16.3. The molecule has 0 unspecified atom stereocenters. The van der Waals surface area contributed by atoms with Gasteiger partial charge in [0.15, 0.2) is 5.58 Å². The number of furan rings is 3. The topological polar surface area (TPSA) is 45.9 Å². The zero-order valence-electron chi connectivity index (χ0n) is 49.3. The fourth-order valence-corrected chi connectivity index (χ4v) is 14.8. The van der Waals surface area contributed by atoms with Crippen molar-refractivity contribution in [3.05, 3.63) is 173 Å². The van der Waals surface area contributed by atoms with Crippen molar-refractivity contribution in [3.8, 4) is 22.3 Å². The SMILES string of the molecule is CC(C)(C)c1ccc(N2B3c4oc5cc6c(cc5c4N(c4ccc(C(C)(C)C)cc4-c4ccccc4)c4c3c(cc3c4oc4ccccc43)-c3cc4c(cc32)oc2cc3c(cc24)C(C)(C)CCC3(C)C)C(C)(C)CCC6(C)C)cc1. The average molecular weight is 1050 g/mol. The van der Waals surface area contributed by atoms with Gasteiger partial charge in [0, 0.05) is 55.5 Å². The number of anilines is 5. The molecular weight excluding hydrogens is 976 g/mol. The lowest BCUT2D eigenvalue weighted by Crippen LogP contribution is -2.61. The largest absolute Gasteiger partial charge is 0.466 e. The summed E-state index contributed by atoms with van der Waals surface area (Å²) in [5, 5.41) is 5.59. The molecule has 80 heavy (non-hydrogen) atoms. The van der Waals surface area contributed by atoms with E-state index in [2.05, 4.69) is 246 Å². The van der Waals surface area contributed by atoms with Crippen molar-refractivity contribution in [2.24, 2.45) is 0 Å². The smallest absolute Gasteiger partial charge is 0.376 e. The maximum Gasteiger partial charge on any atom is 0.376 e. The standard InChI is InChI=1S/C74H73BN2O3/c1-69(2,3)43-24-27-45(28-25-43)77-59-41-63-49(50-37-54-56(39-61(50)78-63)73(11,12)32-30-71(54,7)8)35-48(59)51-36-52-46-22-18-19-23-60(46)79-67(52)66-64(51)75(77)68-65(53-38-55-57(40-62(53)80-68)74(13,14)33-31-72(55,9)10)76(66)58-29-26-44(70(4,5)6)34-47(58)42-20-16-15-17-21-42/h15-29,34-41H,30-33H2,1-14H3. The Labute approximate surface area is 472 Å². The van der Waals surface area contributed by atoms with Crippen LogP contribution in [0.15, 0.2) is 153 Å². The van der Waals surface area contributed by atoms with Crippen LogP contribution in [0.3, 0.4) is 0 Å². The predicted molar refractivity (Wildman–Crippen MR) is 338 cm³/mol. The summed E-state index contributed by atoms with van der Waals surface area (Å²) in [6.45, 7) is 32.8. The Kier molecular flexibility index (Phi) is 10.0. The van der Waals surface area contributed by atoms with Gasteiger partial charge in [-0.2, -0.15) is 0 Å². The highest BCUT2D eigenvalue weighted by molar-refractivity contribution is 6.93. The lowest BCUT2D eigenvalue weighted by Gasteiger charge is -2.44. The molecule has 5 heterocycles. The van der Waals surface area contributed by atoms with Crippen molar-refractivity contribution in [1.82, 2.24) is 0 Å². The number of benzene rings is 8. The molecule has 2 aliphatic heterocycles. The molecule has 0 fully saturated rings. The summed E-state index contributed by atoms with van der Waals surface area (Å²) < 4.78 is 22.5. The van der Waals surface area contributed by atoms with E-state index in [1.54, 1.807) is 0 Å². The Morgan fingerprint density at radius 1 is 0.412 bits per heavy atom. The van der Waals surface area contributed by atoms with Crippen LogP contribution < -0.4 is 20.8 Å². The van der Waals surface area contributed by atoms with Crippen LogP contribution in [0.5, 0.6) is 0 Å². The molecule has 0 spiro atoms. The third-order valence-electron chi connectivity index (χ3n) is 19.9. The first-order chi connectivity index (χ1) is 37.9. The summed E-state index contributed by atoms with van der Waals surface area (Å²) >= 11 is 0. The van der Waals surface area contributed by atoms with Crippen molar-refractivity contribution in [2.75, 3.05) is 9.71 Å². The van der Waals surface area contributed by atoms with E-state index >= 15 is 0 Å². The van der Waals surface area contributed by atoms with Gasteiger partial charge in [-0.1, -0.05) is 164 Å². The molecule has 2 aliphatic carbocycles. The minimum Gasteiger partial charge on any atom is -0.466 e. The molecule has 6 heteroatoms. The molecule has 15 rings (SSSR count). The van der Waals surface area contributed by atoms with Gasteiger partial charge in [0.2, 0.25) is 0 Å². The Balaban J connectivity index is 1.13. The summed E-state index contributed by atoms with van der Waals surface area (Å²) in [6.07, 6.45) is 4.49. The van der Waals surface area contributed by atoms with Crippen LogP contribution in [0, 0.1) is 0 Å². The van der Waals surface area contributed by atoms with Crippen molar-refractivity contribution in [3.63, 3.8) is 0 Å². The Morgan fingerprint density at radius 2 is 0.950 bits per heavy atom. The Bertz CT molecular complexity index is 4450. The van der Waals surface area contributed by atoms with E-state index in [1.165, 1.54) is 44.3 Å².